The second-order valence-electron chi connectivity index (χ2n) is 5.72. The molecule has 0 aromatic heterocycles. The summed E-state index contributed by atoms with van der Waals surface area (Å²) < 4.78 is 16.1. The standard InChI is InChI=1S/C17H26N2O4/c1-21-12-16(18)17(20)19-10-13-3-2-4-14(9-13)11-23-15-5-7-22-8-6-15/h2-4,9,15-16H,5-8,10-12,18H2,1H3,(H,19,20). The highest BCUT2D eigenvalue weighted by Crippen LogP contribution is 2.14. The van der Waals surface area contributed by atoms with Gasteiger partial charge in [-0.1, -0.05) is 24.3 Å². The second-order valence-corrected chi connectivity index (χ2v) is 5.72. The predicted octanol–water partition coefficient (Wildman–Crippen LogP) is 0.972. The molecule has 23 heavy (non-hydrogen) atoms. The van der Waals surface area contributed by atoms with Gasteiger partial charge in [-0.05, 0) is 24.0 Å². The van der Waals surface area contributed by atoms with Crippen molar-refractivity contribution >= 4 is 5.91 Å². The molecule has 1 aliphatic rings. The predicted molar refractivity (Wildman–Crippen MR) is 86.8 cm³/mol. The van der Waals surface area contributed by atoms with Crippen LogP contribution in [0.1, 0.15) is 24.0 Å². The highest BCUT2D eigenvalue weighted by atomic mass is 16.5. The van der Waals surface area contributed by atoms with Gasteiger partial charge in [0.15, 0.2) is 0 Å². The summed E-state index contributed by atoms with van der Waals surface area (Å²) in [5.74, 6) is -0.212. The molecule has 1 fully saturated rings. The minimum absolute atomic E-state index is 0.212. The van der Waals surface area contributed by atoms with E-state index in [1.54, 1.807) is 0 Å². The van der Waals surface area contributed by atoms with Crippen molar-refractivity contribution in [3.63, 3.8) is 0 Å². The molecule has 1 amide bonds. The molecule has 1 aromatic rings. The molecule has 1 heterocycles. The van der Waals surface area contributed by atoms with Gasteiger partial charge in [-0.15, -0.1) is 0 Å². The van der Waals surface area contributed by atoms with E-state index in [9.17, 15) is 4.79 Å². The Morgan fingerprint density at radius 3 is 2.87 bits per heavy atom. The van der Waals surface area contributed by atoms with Crippen LogP contribution >= 0.6 is 0 Å². The van der Waals surface area contributed by atoms with Crippen molar-refractivity contribution in [2.45, 2.75) is 38.1 Å². The molecule has 6 heteroatoms. The van der Waals surface area contributed by atoms with Crippen molar-refractivity contribution < 1.29 is 19.0 Å². The van der Waals surface area contributed by atoms with E-state index < -0.39 is 6.04 Å². The van der Waals surface area contributed by atoms with E-state index in [0.29, 0.717) is 13.2 Å². The molecule has 0 radical (unpaired) electrons. The van der Waals surface area contributed by atoms with Crippen LogP contribution in [0, 0.1) is 0 Å². The van der Waals surface area contributed by atoms with Gasteiger partial charge in [-0.3, -0.25) is 4.79 Å². The van der Waals surface area contributed by atoms with Crippen LogP contribution in [-0.4, -0.2) is 45.0 Å². The lowest BCUT2D eigenvalue weighted by Gasteiger charge is -2.22. The summed E-state index contributed by atoms with van der Waals surface area (Å²) in [5.41, 5.74) is 7.81. The molecular weight excluding hydrogens is 296 g/mol. The summed E-state index contributed by atoms with van der Waals surface area (Å²) in [7, 11) is 1.52. The van der Waals surface area contributed by atoms with Gasteiger partial charge in [0.05, 0.1) is 19.3 Å². The fourth-order valence-electron chi connectivity index (χ4n) is 2.46. The third-order valence-corrected chi connectivity index (χ3v) is 3.80. The van der Waals surface area contributed by atoms with E-state index in [0.717, 1.165) is 37.2 Å². The topological polar surface area (TPSA) is 82.8 Å². The first-order valence-electron chi connectivity index (χ1n) is 7.98. The van der Waals surface area contributed by atoms with Crippen molar-refractivity contribution in [1.82, 2.24) is 5.32 Å². The molecule has 3 N–H and O–H groups in total. The molecule has 2 rings (SSSR count). The van der Waals surface area contributed by atoms with E-state index in [1.807, 2.05) is 24.3 Å². The van der Waals surface area contributed by atoms with Gasteiger partial charge < -0.3 is 25.3 Å². The van der Waals surface area contributed by atoms with Gasteiger partial charge in [-0.2, -0.15) is 0 Å². The summed E-state index contributed by atoms with van der Waals surface area (Å²) >= 11 is 0. The normalized spacial score (nSPS) is 17.0. The Balaban J connectivity index is 1.78. The van der Waals surface area contributed by atoms with E-state index in [4.69, 9.17) is 19.9 Å². The Bertz CT molecular complexity index is 489. The maximum absolute atomic E-state index is 11.8. The molecule has 0 bridgehead atoms. The van der Waals surface area contributed by atoms with Gasteiger partial charge in [-0.25, -0.2) is 0 Å². The zero-order valence-corrected chi connectivity index (χ0v) is 13.6. The summed E-state index contributed by atoms with van der Waals surface area (Å²) in [5, 5.41) is 2.81. The number of ether oxygens (including phenoxy) is 3. The van der Waals surface area contributed by atoms with Crippen molar-refractivity contribution in [2.75, 3.05) is 26.9 Å². The lowest BCUT2D eigenvalue weighted by Crippen LogP contribution is -2.43. The Morgan fingerprint density at radius 1 is 1.39 bits per heavy atom. The molecule has 1 aliphatic heterocycles. The minimum Gasteiger partial charge on any atom is -0.383 e. The lowest BCUT2D eigenvalue weighted by atomic mass is 10.1. The minimum atomic E-state index is -0.639. The maximum atomic E-state index is 11.8. The number of amides is 1. The smallest absolute Gasteiger partial charge is 0.239 e. The molecule has 0 saturated carbocycles. The number of carbonyl (C=O) groups excluding carboxylic acids is 1. The third kappa shape index (κ3) is 6.27. The SMILES string of the molecule is COCC(N)C(=O)NCc1cccc(COC2CCOCC2)c1. The molecule has 6 nitrogen and oxygen atoms in total. The first-order valence-corrected chi connectivity index (χ1v) is 7.98. The Labute approximate surface area is 137 Å². The Kier molecular flexibility index (Phi) is 7.48. The van der Waals surface area contributed by atoms with Crippen LogP contribution in [0.3, 0.4) is 0 Å². The number of rotatable bonds is 8. The number of hydrogen-bond donors (Lipinski definition) is 2. The van der Waals surface area contributed by atoms with Crippen molar-refractivity contribution in [2.24, 2.45) is 5.73 Å². The number of nitrogens with one attached hydrogen (secondary N) is 1. The largest absolute Gasteiger partial charge is 0.383 e. The molecule has 1 atom stereocenters. The van der Waals surface area contributed by atoms with Crippen molar-refractivity contribution in [3.05, 3.63) is 35.4 Å². The van der Waals surface area contributed by atoms with Crippen LogP contribution in [0.5, 0.6) is 0 Å². The van der Waals surface area contributed by atoms with Gasteiger partial charge >= 0.3 is 0 Å². The zero-order valence-electron chi connectivity index (χ0n) is 13.6. The second kappa shape index (κ2) is 9.62. The monoisotopic (exact) mass is 322 g/mol. The summed E-state index contributed by atoms with van der Waals surface area (Å²) in [4.78, 5) is 11.8. The quantitative estimate of drug-likeness (QED) is 0.745. The number of methoxy groups -OCH3 is 1. The van der Waals surface area contributed by atoms with Gasteiger partial charge in [0.25, 0.3) is 0 Å². The first-order chi connectivity index (χ1) is 11.2. The van der Waals surface area contributed by atoms with Crippen LogP contribution in [0.15, 0.2) is 24.3 Å². The zero-order chi connectivity index (χ0) is 16.5. The molecule has 0 spiro atoms. The number of carbonyl (C=O) groups is 1. The third-order valence-electron chi connectivity index (χ3n) is 3.80. The van der Waals surface area contributed by atoms with Crippen molar-refractivity contribution in [1.29, 1.82) is 0 Å². The van der Waals surface area contributed by atoms with Crippen LogP contribution in [0.25, 0.3) is 0 Å². The van der Waals surface area contributed by atoms with E-state index in [2.05, 4.69) is 5.32 Å². The number of benzene rings is 1. The van der Waals surface area contributed by atoms with Crippen LogP contribution in [0.2, 0.25) is 0 Å². The molecular formula is C17H26N2O4. The molecule has 1 saturated heterocycles. The van der Waals surface area contributed by atoms with Gasteiger partial charge in [0.2, 0.25) is 5.91 Å². The average Bonchev–Trinajstić information content (AvgIpc) is 2.59. The Morgan fingerprint density at radius 2 is 2.13 bits per heavy atom. The van der Waals surface area contributed by atoms with E-state index >= 15 is 0 Å². The first kappa shape index (κ1) is 17.9. The molecule has 128 valence electrons. The van der Waals surface area contributed by atoms with E-state index in [1.165, 1.54) is 7.11 Å². The maximum Gasteiger partial charge on any atom is 0.239 e. The Hall–Kier alpha value is -1.47. The summed E-state index contributed by atoms with van der Waals surface area (Å²) in [6.45, 7) is 2.79. The molecule has 0 aliphatic carbocycles. The number of hydrogen-bond acceptors (Lipinski definition) is 5. The number of nitrogens with two attached hydrogens (primary N) is 1. The summed E-state index contributed by atoms with van der Waals surface area (Å²) in [6, 6.07) is 7.38. The van der Waals surface area contributed by atoms with Crippen LogP contribution in [-0.2, 0) is 32.2 Å². The highest BCUT2D eigenvalue weighted by molar-refractivity contribution is 5.81. The van der Waals surface area contributed by atoms with Crippen molar-refractivity contribution in [3.8, 4) is 0 Å². The summed E-state index contributed by atoms with van der Waals surface area (Å²) in [6.07, 6.45) is 2.18. The van der Waals surface area contributed by atoms with Crippen LogP contribution < -0.4 is 11.1 Å². The van der Waals surface area contributed by atoms with Gasteiger partial charge in [0.1, 0.15) is 6.04 Å². The molecule has 1 unspecified atom stereocenters. The van der Waals surface area contributed by atoms with E-state index in [-0.39, 0.29) is 18.6 Å². The highest BCUT2D eigenvalue weighted by Gasteiger charge is 2.14. The fourth-order valence-corrected chi connectivity index (χ4v) is 2.46. The van der Waals surface area contributed by atoms with Crippen LogP contribution in [0.4, 0.5) is 0 Å². The van der Waals surface area contributed by atoms with Gasteiger partial charge in [0, 0.05) is 26.9 Å². The molecule has 1 aromatic carbocycles. The lowest BCUT2D eigenvalue weighted by molar-refractivity contribution is -0.123. The average molecular weight is 322 g/mol. The fraction of sp³-hybridized carbons (Fsp3) is 0.588.